The number of amides is 1. The number of carbonyl (C=O) groups is 1. The number of aromatic nitrogens is 1. The fourth-order valence-electron chi connectivity index (χ4n) is 3.10. The summed E-state index contributed by atoms with van der Waals surface area (Å²) in [5.74, 6) is 1.34. The maximum absolute atomic E-state index is 13.1. The van der Waals surface area contributed by atoms with E-state index in [4.69, 9.17) is 23.7 Å². The maximum atomic E-state index is 13.1. The van der Waals surface area contributed by atoms with Crippen LogP contribution in [0.4, 0.5) is 5.69 Å². The van der Waals surface area contributed by atoms with Gasteiger partial charge in [0.2, 0.25) is 0 Å². The molecule has 0 saturated carbocycles. The van der Waals surface area contributed by atoms with Crippen LogP contribution in [0, 0.1) is 0 Å². The van der Waals surface area contributed by atoms with E-state index in [1.54, 1.807) is 25.3 Å². The number of aliphatic hydroxyl groups is 1. The van der Waals surface area contributed by atoms with Crippen LogP contribution in [0.5, 0.6) is 17.2 Å². The van der Waals surface area contributed by atoms with Crippen LogP contribution < -0.4 is 19.5 Å². The number of carbonyl (C=O) groups excluding carboxylic acids is 1. The minimum Gasteiger partial charge on any atom is -0.497 e. The second-order valence-corrected chi connectivity index (χ2v) is 8.03. The van der Waals surface area contributed by atoms with Gasteiger partial charge < -0.3 is 34.1 Å². The van der Waals surface area contributed by atoms with Crippen molar-refractivity contribution >= 4 is 22.9 Å². The highest BCUT2D eigenvalue weighted by Crippen LogP contribution is 2.33. The Hall–Kier alpha value is -3.18. The lowest BCUT2D eigenvalue weighted by Crippen LogP contribution is -2.22. The molecule has 34 heavy (non-hydrogen) atoms. The highest BCUT2D eigenvalue weighted by Gasteiger charge is 2.20. The summed E-state index contributed by atoms with van der Waals surface area (Å²) in [6.07, 6.45) is -0.244. The molecule has 9 nitrogen and oxygen atoms in total. The third kappa shape index (κ3) is 6.23. The molecule has 0 aliphatic rings. The lowest BCUT2D eigenvalue weighted by molar-refractivity contribution is -0.122. The van der Waals surface area contributed by atoms with Gasteiger partial charge in [-0.2, -0.15) is 0 Å². The van der Waals surface area contributed by atoms with Gasteiger partial charge in [0.05, 0.1) is 19.9 Å². The molecule has 2 N–H and O–H groups in total. The zero-order valence-electron chi connectivity index (χ0n) is 19.5. The molecule has 10 heteroatoms. The summed E-state index contributed by atoms with van der Waals surface area (Å²) in [6, 6.07) is 12.5. The standard InChI is InChI=1S/C24H28N2O7S/c1-29-17-8-5-15(6-9-17)24-26-18(11-12-27)22(34-24)23(28)25-16-7-10-19(20(13-16)30-2)33-14-21(31-3)32-4/h5-10,13,21,27H,11-12,14H2,1-4H3,(H,25,28). The summed E-state index contributed by atoms with van der Waals surface area (Å²) in [5.41, 5.74) is 1.92. The normalized spacial score (nSPS) is 10.9. The second kappa shape index (κ2) is 12.3. The van der Waals surface area contributed by atoms with Crippen LogP contribution in [0.2, 0.25) is 0 Å². The summed E-state index contributed by atoms with van der Waals surface area (Å²) in [6.45, 7) is 0.0600. The summed E-state index contributed by atoms with van der Waals surface area (Å²) in [5, 5.41) is 13.0. The molecular formula is C24H28N2O7S. The average Bonchev–Trinajstić information content (AvgIpc) is 3.29. The van der Waals surface area contributed by atoms with Gasteiger partial charge in [-0.1, -0.05) is 0 Å². The van der Waals surface area contributed by atoms with Crippen molar-refractivity contribution in [1.29, 1.82) is 0 Å². The van der Waals surface area contributed by atoms with Crippen LogP contribution in [-0.4, -0.2) is 63.9 Å². The smallest absolute Gasteiger partial charge is 0.267 e. The third-order valence-electron chi connectivity index (χ3n) is 4.91. The zero-order chi connectivity index (χ0) is 24.5. The summed E-state index contributed by atoms with van der Waals surface area (Å²) in [7, 11) is 6.17. The Morgan fingerprint density at radius 3 is 2.38 bits per heavy atom. The molecule has 1 amide bonds. The molecule has 1 aromatic heterocycles. The number of aliphatic hydroxyl groups excluding tert-OH is 1. The molecule has 0 unspecified atom stereocenters. The number of nitrogens with zero attached hydrogens (tertiary/aromatic N) is 1. The molecule has 0 atom stereocenters. The second-order valence-electron chi connectivity index (χ2n) is 7.03. The zero-order valence-corrected chi connectivity index (χ0v) is 20.3. The maximum Gasteiger partial charge on any atom is 0.267 e. The van der Waals surface area contributed by atoms with Gasteiger partial charge in [0.15, 0.2) is 17.8 Å². The minimum atomic E-state index is -0.514. The molecule has 0 spiro atoms. The van der Waals surface area contributed by atoms with E-state index >= 15 is 0 Å². The van der Waals surface area contributed by atoms with Gasteiger partial charge >= 0.3 is 0 Å². The molecule has 3 aromatic rings. The van der Waals surface area contributed by atoms with Crippen LogP contribution in [0.15, 0.2) is 42.5 Å². The molecule has 3 rings (SSSR count). The van der Waals surface area contributed by atoms with E-state index in [1.807, 2.05) is 24.3 Å². The molecule has 0 aliphatic heterocycles. The number of ether oxygens (including phenoxy) is 5. The van der Waals surface area contributed by atoms with Crippen molar-refractivity contribution in [3.8, 4) is 27.8 Å². The van der Waals surface area contributed by atoms with Gasteiger partial charge in [-0.25, -0.2) is 4.98 Å². The molecular weight excluding hydrogens is 460 g/mol. The molecule has 0 aliphatic carbocycles. The Morgan fingerprint density at radius 2 is 1.76 bits per heavy atom. The molecule has 1 heterocycles. The van der Waals surface area contributed by atoms with Crippen molar-refractivity contribution in [2.24, 2.45) is 0 Å². The Labute approximate surface area is 202 Å². The fourth-order valence-corrected chi connectivity index (χ4v) is 4.12. The molecule has 0 fully saturated rings. The predicted octanol–water partition coefficient (Wildman–Crippen LogP) is 3.61. The first kappa shape index (κ1) is 25.4. The lowest BCUT2D eigenvalue weighted by Gasteiger charge is -2.16. The largest absolute Gasteiger partial charge is 0.497 e. The topological polar surface area (TPSA) is 108 Å². The number of anilines is 1. The number of benzene rings is 2. The van der Waals surface area contributed by atoms with Crippen molar-refractivity contribution < 1.29 is 33.6 Å². The Kier molecular flexibility index (Phi) is 9.23. The minimum absolute atomic E-state index is 0.115. The van der Waals surface area contributed by atoms with Crippen LogP contribution in [0.25, 0.3) is 10.6 Å². The van der Waals surface area contributed by atoms with Crippen molar-refractivity contribution in [3.05, 3.63) is 53.0 Å². The predicted molar refractivity (Wildman–Crippen MR) is 129 cm³/mol. The number of methoxy groups -OCH3 is 4. The van der Waals surface area contributed by atoms with Crippen LogP contribution in [0.3, 0.4) is 0 Å². The molecule has 2 aromatic carbocycles. The Morgan fingerprint density at radius 1 is 1.03 bits per heavy atom. The van der Waals surface area contributed by atoms with E-state index in [0.29, 0.717) is 32.8 Å². The van der Waals surface area contributed by atoms with Gasteiger partial charge in [0, 0.05) is 44.6 Å². The first-order chi connectivity index (χ1) is 16.5. The van der Waals surface area contributed by atoms with Crippen molar-refractivity contribution in [1.82, 2.24) is 4.98 Å². The van der Waals surface area contributed by atoms with E-state index in [-0.39, 0.29) is 25.5 Å². The highest BCUT2D eigenvalue weighted by molar-refractivity contribution is 7.17. The van der Waals surface area contributed by atoms with Gasteiger partial charge in [-0.3, -0.25) is 4.79 Å². The van der Waals surface area contributed by atoms with Crippen LogP contribution in [-0.2, 0) is 15.9 Å². The van der Waals surface area contributed by atoms with E-state index in [0.717, 1.165) is 11.3 Å². The summed E-state index contributed by atoms with van der Waals surface area (Å²) < 4.78 is 26.6. The van der Waals surface area contributed by atoms with Crippen molar-refractivity contribution in [3.63, 3.8) is 0 Å². The fraction of sp³-hybridized carbons (Fsp3) is 0.333. The number of hydrogen-bond acceptors (Lipinski definition) is 9. The number of thiazole rings is 1. The number of nitrogens with one attached hydrogen (secondary N) is 1. The number of hydrogen-bond donors (Lipinski definition) is 2. The lowest BCUT2D eigenvalue weighted by atomic mass is 10.2. The van der Waals surface area contributed by atoms with Gasteiger partial charge in [-0.15, -0.1) is 11.3 Å². The van der Waals surface area contributed by atoms with E-state index in [9.17, 15) is 9.90 Å². The highest BCUT2D eigenvalue weighted by atomic mass is 32.1. The SMILES string of the molecule is COc1ccc(-c2nc(CCO)c(C(=O)Nc3ccc(OCC(OC)OC)c(OC)c3)s2)cc1. The van der Waals surface area contributed by atoms with Gasteiger partial charge in [0.25, 0.3) is 5.91 Å². The summed E-state index contributed by atoms with van der Waals surface area (Å²) in [4.78, 5) is 18.1. The Balaban J connectivity index is 1.79. The van der Waals surface area contributed by atoms with E-state index in [2.05, 4.69) is 10.3 Å². The van der Waals surface area contributed by atoms with Crippen molar-refractivity contribution in [2.45, 2.75) is 12.7 Å². The van der Waals surface area contributed by atoms with Gasteiger partial charge in [0.1, 0.15) is 22.2 Å². The molecule has 0 bridgehead atoms. The van der Waals surface area contributed by atoms with E-state index in [1.165, 1.54) is 32.7 Å². The summed E-state index contributed by atoms with van der Waals surface area (Å²) >= 11 is 1.26. The van der Waals surface area contributed by atoms with Crippen LogP contribution in [0.1, 0.15) is 15.4 Å². The quantitative estimate of drug-likeness (QED) is 0.372. The monoisotopic (exact) mass is 488 g/mol. The number of rotatable bonds is 12. The molecule has 0 radical (unpaired) electrons. The van der Waals surface area contributed by atoms with E-state index < -0.39 is 6.29 Å². The molecule has 0 saturated heterocycles. The first-order valence-electron chi connectivity index (χ1n) is 10.5. The third-order valence-corrected chi connectivity index (χ3v) is 6.06. The van der Waals surface area contributed by atoms with Crippen molar-refractivity contribution in [2.75, 3.05) is 47.0 Å². The molecule has 182 valence electrons. The first-order valence-corrected chi connectivity index (χ1v) is 11.3. The van der Waals surface area contributed by atoms with Gasteiger partial charge in [-0.05, 0) is 36.4 Å². The van der Waals surface area contributed by atoms with Crippen LogP contribution >= 0.6 is 11.3 Å². The average molecular weight is 489 g/mol. The Bertz CT molecular complexity index is 1080.